The topological polar surface area (TPSA) is 110 Å². The number of carboxylic acids is 1. The maximum absolute atomic E-state index is 11.1. The number of imidazole rings is 1. The molecule has 0 saturated carbocycles. The number of nitriles is 1. The second kappa shape index (κ2) is 5.66. The van der Waals surface area contributed by atoms with Gasteiger partial charge in [0.2, 0.25) is 0 Å². The minimum atomic E-state index is -1.24. The van der Waals surface area contributed by atoms with Crippen LogP contribution in [-0.4, -0.2) is 26.2 Å². The number of carboxylic acid groups (broad SMARTS) is 1. The van der Waals surface area contributed by atoms with Gasteiger partial charge in [0.25, 0.3) is 0 Å². The molecular formula is C17H11N3O3. The highest BCUT2D eigenvalue weighted by Gasteiger charge is 2.11. The highest BCUT2D eigenvalue weighted by atomic mass is 16.4. The van der Waals surface area contributed by atoms with E-state index in [0.717, 1.165) is 11.0 Å². The molecule has 0 spiro atoms. The Balaban J connectivity index is 2.07. The number of carbonyl (C=O) groups is 1. The van der Waals surface area contributed by atoms with Crippen LogP contribution in [0.5, 0.6) is 5.75 Å². The predicted octanol–water partition coefficient (Wildman–Crippen LogP) is 3.03. The Morgan fingerprint density at radius 3 is 2.74 bits per heavy atom. The lowest BCUT2D eigenvalue weighted by Crippen LogP contribution is -1.97. The molecule has 1 aromatic heterocycles. The van der Waals surface area contributed by atoms with Crippen LogP contribution in [0.25, 0.3) is 22.7 Å². The van der Waals surface area contributed by atoms with Crippen LogP contribution in [-0.2, 0) is 0 Å². The van der Waals surface area contributed by atoms with Crippen LogP contribution in [0.4, 0.5) is 0 Å². The highest BCUT2D eigenvalue weighted by molar-refractivity contribution is 5.94. The summed E-state index contributed by atoms with van der Waals surface area (Å²) in [6.07, 6.45) is 1.52. The smallest absolute Gasteiger partial charge is 0.339 e. The quantitative estimate of drug-likeness (QED) is 0.644. The van der Waals surface area contributed by atoms with E-state index < -0.39 is 5.97 Å². The standard InChI is InChI=1S/C17H11N3O3/c18-9-11(16-19-13-3-1-2-4-14(13)20-16)7-10-5-6-15(21)12(8-10)17(22)23/h1-8,21H,(H,19,20)(H,22,23). The van der Waals surface area contributed by atoms with E-state index in [0.29, 0.717) is 11.4 Å². The lowest BCUT2D eigenvalue weighted by molar-refractivity contribution is 0.0693. The van der Waals surface area contributed by atoms with Crippen LogP contribution in [0, 0.1) is 11.3 Å². The second-order valence-electron chi connectivity index (χ2n) is 4.85. The van der Waals surface area contributed by atoms with Gasteiger partial charge in [-0.1, -0.05) is 18.2 Å². The van der Waals surface area contributed by atoms with E-state index in [1.54, 1.807) is 0 Å². The number of aromatic carboxylic acids is 1. The number of nitrogens with zero attached hydrogens (tertiary/aromatic N) is 2. The maximum atomic E-state index is 11.1. The van der Waals surface area contributed by atoms with Crippen LogP contribution in [0.15, 0.2) is 42.5 Å². The number of para-hydroxylation sites is 2. The van der Waals surface area contributed by atoms with Crippen LogP contribution >= 0.6 is 0 Å². The van der Waals surface area contributed by atoms with Crippen molar-refractivity contribution in [1.29, 1.82) is 5.26 Å². The summed E-state index contributed by atoms with van der Waals surface area (Å²) in [5.41, 5.74) is 2.07. The van der Waals surface area contributed by atoms with E-state index >= 15 is 0 Å². The highest BCUT2D eigenvalue weighted by Crippen LogP contribution is 2.23. The zero-order valence-corrected chi connectivity index (χ0v) is 11.8. The number of benzene rings is 2. The molecule has 0 aliphatic heterocycles. The molecular weight excluding hydrogens is 294 g/mol. The van der Waals surface area contributed by atoms with Crippen molar-refractivity contribution in [3.63, 3.8) is 0 Å². The molecule has 0 fully saturated rings. The van der Waals surface area contributed by atoms with Gasteiger partial charge in [-0.2, -0.15) is 5.26 Å². The first kappa shape index (κ1) is 14.4. The Bertz CT molecular complexity index is 947. The number of nitrogens with one attached hydrogen (secondary N) is 1. The molecule has 6 heteroatoms. The van der Waals surface area contributed by atoms with Crippen molar-refractivity contribution in [2.24, 2.45) is 0 Å². The molecule has 0 saturated heterocycles. The Morgan fingerprint density at radius 1 is 1.26 bits per heavy atom. The molecule has 0 bridgehead atoms. The molecule has 3 aromatic rings. The average molecular weight is 305 g/mol. The van der Waals surface area contributed by atoms with E-state index in [9.17, 15) is 15.2 Å². The van der Waals surface area contributed by atoms with E-state index in [-0.39, 0.29) is 16.9 Å². The molecule has 0 unspecified atom stereocenters. The monoisotopic (exact) mass is 305 g/mol. The normalized spacial score (nSPS) is 11.3. The summed E-state index contributed by atoms with van der Waals surface area (Å²) in [4.78, 5) is 18.4. The van der Waals surface area contributed by atoms with Gasteiger partial charge in [-0.05, 0) is 35.9 Å². The Hall–Kier alpha value is -3.59. The van der Waals surface area contributed by atoms with Crippen molar-refractivity contribution in [3.8, 4) is 11.8 Å². The lowest BCUT2D eigenvalue weighted by atomic mass is 10.1. The molecule has 0 amide bonds. The molecule has 0 aliphatic rings. The fourth-order valence-corrected chi connectivity index (χ4v) is 2.22. The summed E-state index contributed by atoms with van der Waals surface area (Å²) < 4.78 is 0. The number of H-pyrrole nitrogens is 1. The molecule has 6 nitrogen and oxygen atoms in total. The number of hydrogen-bond acceptors (Lipinski definition) is 4. The first-order chi connectivity index (χ1) is 11.1. The van der Waals surface area contributed by atoms with Crippen molar-refractivity contribution in [3.05, 3.63) is 59.4 Å². The van der Waals surface area contributed by atoms with Gasteiger partial charge in [-0.3, -0.25) is 0 Å². The number of fused-ring (bicyclic) bond motifs is 1. The summed E-state index contributed by atoms with van der Waals surface area (Å²) >= 11 is 0. The van der Waals surface area contributed by atoms with Gasteiger partial charge in [0.15, 0.2) is 0 Å². The first-order valence-electron chi connectivity index (χ1n) is 6.71. The number of hydrogen-bond donors (Lipinski definition) is 3. The Labute approximate surface area is 131 Å². The molecule has 1 heterocycles. The number of allylic oxidation sites excluding steroid dienone is 1. The first-order valence-corrected chi connectivity index (χ1v) is 6.71. The van der Waals surface area contributed by atoms with Crippen molar-refractivity contribution in [1.82, 2.24) is 9.97 Å². The minimum Gasteiger partial charge on any atom is -0.507 e. The fraction of sp³-hybridized carbons (Fsp3) is 0. The number of aromatic hydroxyl groups is 1. The summed E-state index contributed by atoms with van der Waals surface area (Å²) in [6.45, 7) is 0. The number of rotatable bonds is 3. The van der Waals surface area contributed by atoms with Crippen molar-refractivity contribution < 1.29 is 15.0 Å². The maximum Gasteiger partial charge on any atom is 0.339 e. The van der Waals surface area contributed by atoms with Gasteiger partial charge in [0.05, 0.1) is 16.6 Å². The molecule has 0 radical (unpaired) electrons. The lowest BCUT2D eigenvalue weighted by Gasteiger charge is -2.01. The van der Waals surface area contributed by atoms with Gasteiger partial charge in [-0.15, -0.1) is 0 Å². The fourth-order valence-electron chi connectivity index (χ4n) is 2.22. The second-order valence-corrected chi connectivity index (χ2v) is 4.85. The molecule has 2 aromatic carbocycles. The summed E-state index contributed by atoms with van der Waals surface area (Å²) in [7, 11) is 0. The summed E-state index contributed by atoms with van der Waals surface area (Å²) in [5, 5.41) is 27.9. The van der Waals surface area contributed by atoms with Crippen molar-refractivity contribution in [2.75, 3.05) is 0 Å². The van der Waals surface area contributed by atoms with Gasteiger partial charge >= 0.3 is 5.97 Å². The SMILES string of the molecule is N#CC(=Cc1ccc(O)c(C(=O)O)c1)c1nc2ccccc2[nH]1. The van der Waals surface area contributed by atoms with Gasteiger partial charge in [-0.25, -0.2) is 9.78 Å². The zero-order chi connectivity index (χ0) is 16.4. The minimum absolute atomic E-state index is 0.222. The molecule has 0 atom stereocenters. The third kappa shape index (κ3) is 2.76. The van der Waals surface area contributed by atoms with Crippen LogP contribution in [0.1, 0.15) is 21.7 Å². The van der Waals surface area contributed by atoms with Gasteiger partial charge in [0.1, 0.15) is 23.2 Å². The Kier molecular flexibility index (Phi) is 3.53. The summed E-state index contributed by atoms with van der Waals surface area (Å²) in [5.74, 6) is -1.16. The molecule has 3 N–H and O–H groups in total. The van der Waals surface area contributed by atoms with Crippen molar-refractivity contribution >= 4 is 28.7 Å². The largest absolute Gasteiger partial charge is 0.507 e. The van der Waals surface area contributed by atoms with Gasteiger partial charge < -0.3 is 15.2 Å². The summed E-state index contributed by atoms with van der Waals surface area (Å²) in [6, 6.07) is 13.5. The van der Waals surface area contributed by atoms with Crippen molar-refractivity contribution in [2.45, 2.75) is 0 Å². The number of aromatic amines is 1. The van der Waals surface area contributed by atoms with Gasteiger partial charge in [0, 0.05) is 0 Å². The molecule has 112 valence electrons. The average Bonchev–Trinajstić information content (AvgIpc) is 2.97. The third-order valence-corrected chi connectivity index (χ3v) is 3.33. The number of phenols is 1. The zero-order valence-electron chi connectivity index (χ0n) is 11.8. The van der Waals surface area contributed by atoms with E-state index in [4.69, 9.17) is 5.11 Å². The van der Waals surface area contributed by atoms with Crippen LogP contribution in [0.3, 0.4) is 0 Å². The van der Waals surface area contributed by atoms with E-state index in [1.165, 1.54) is 24.3 Å². The predicted molar refractivity (Wildman–Crippen MR) is 84.6 cm³/mol. The van der Waals surface area contributed by atoms with E-state index in [2.05, 4.69) is 9.97 Å². The number of aromatic nitrogens is 2. The van der Waals surface area contributed by atoms with Crippen LogP contribution < -0.4 is 0 Å². The van der Waals surface area contributed by atoms with E-state index in [1.807, 2.05) is 30.3 Å². The Morgan fingerprint density at radius 2 is 2.04 bits per heavy atom. The molecule has 0 aliphatic carbocycles. The molecule has 3 rings (SSSR count). The third-order valence-electron chi connectivity index (χ3n) is 3.33. The van der Waals surface area contributed by atoms with Crippen LogP contribution in [0.2, 0.25) is 0 Å². The molecule has 23 heavy (non-hydrogen) atoms.